The van der Waals surface area contributed by atoms with E-state index in [1.54, 1.807) is 0 Å². The topological polar surface area (TPSA) is 96.0 Å². The van der Waals surface area contributed by atoms with Gasteiger partial charge < -0.3 is 11.1 Å². The first-order chi connectivity index (χ1) is 12.1. The predicted molar refractivity (Wildman–Crippen MR) is 98.1 cm³/mol. The molecule has 0 aliphatic heterocycles. The van der Waals surface area contributed by atoms with Gasteiger partial charge in [-0.3, -0.25) is 9.59 Å². The minimum absolute atomic E-state index is 0.0204. The van der Waals surface area contributed by atoms with Crippen molar-refractivity contribution in [2.24, 2.45) is 5.73 Å². The van der Waals surface area contributed by atoms with E-state index >= 15 is 0 Å². The maximum absolute atomic E-state index is 12.5. The molecule has 2 amide bonds. The van der Waals surface area contributed by atoms with Gasteiger partial charge in [-0.15, -0.1) is 11.3 Å². The number of aryl methyl sites for hydroxylation is 1. The molecule has 0 atom stereocenters. The molecule has 3 N–H and O–H groups in total. The Morgan fingerprint density at radius 1 is 1.20 bits per heavy atom. The van der Waals surface area contributed by atoms with Crippen molar-refractivity contribution in [1.82, 2.24) is 0 Å². The minimum atomic E-state index is -0.541. The Balaban J connectivity index is 1.90. The molecule has 1 aromatic heterocycles. The van der Waals surface area contributed by atoms with E-state index in [1.807, 2.05) is 36.4 Å². The molecule has 6 heteroatoms. The lowest BCUT2D eigenvalue weighted by Crippen LogP contribution is -2.19. The molecule has 3 rings (SSSR count). The second-order valence-electron chi connectivity index (χ2n) is 5.81. The molecule has 1 heterocycles. The lowest BCUT2D eigenvalue weighted by molar-refractivity contribution is -0.112. The van der Waals surface area contributed by atoms with Gasteiger partial charge in [0.05, 0.1) is 5.56 Å². The number of rotatable bonds is 4. The van der Waals surface area contributed by atoms with E-state index in [1.165, 1.54) is 17.4 Å². The highest BCUT2D eigenvalue weighted by Crippen LogP contribution is 2.38. The van der Waals surface area contributed by atoms with Crippen molar-refractivity contribution < 1.29 is 9.59 Å². The number of nitrogens with two attached hydrogens (primary N) is 1. The van der Waals surface area contributed by atoms with E-state index in [9.17, 15) is 14.9 Å². The number of hydrogen-bond donors (Lipinski definition) is 2. The molecule has 25 heavy (non-hydrogen) atoms. The number of nitriles is 1. The monoisotopic (exact) mass is 351 g/mol. The Morgan fingerprint density at radius 2 is 1.92 bits per heavy atom. The number of nitrogens with one attached hydrogen (secondary N) is 1. The lowest BCUT2D eigenvalue weighted by Gasteiger charge is -2.11. The molecular formula is C19H17N3O2S. The molecule has 126 valence electrons. The van der Waals surface area contributed by atoms with Crippen LogP contribution >= 0.6 is 11.3 Å². The summed E-state index contributed by atoms with van der Waals surface area (Å²) in [6, 6.07) is 11.1. The third-order valence-electron chi connectivity index (χ3n) is 4.12. The number of fused-ring (bicyclic) bond motifs is 1. The van der Waals surface area contributed by atoms with E-state index in [-0.39, 0.29) is 5.57 Å². The van der Waals surface area contributed by atoms with Crippen LogP contribution in [0, 0.1) is 11.3 Å². The molecule has 0 saturated carbocycles. The van der Waals surface area contributed by atoms with Gasteiger partial charge in [0.1, 0.15) is 16.6 Å². The van der Waals surface area contributed by atoms with Gasteiger partial charge in [0.15, 0.2) is 0 Å². The number of thiophene rings is 1. The third-order valence-corrected chi connectivity index (χ3v) is 5.33. The summed E-state index contributed by atoms with van der Waals surface area (Å²) in [4.78, 5) is 25.5. The van der Waals surface area contributed by atoms with Crippen molar-refractivity contribution >= 4 is 34.2 Å². The number of nitrogens with zero attached hydrogens (tertiary/aromatic N) is 1. The Kier molecular flexibility index (Phi) is 4.96. The largest absolute Gasteiger partial charge is 0.365 e. The highest BCUT2D eigenvalue weighted by molar-refractivity contribution is 7.17. The van der Waals surface area contributed by atoms with Crippen LogP contribution in [0.25, 0.3) is 6.08 Å². The fourth-order valence-electron chi connectivity index (χ4n) is 2.95. The summed E-state index contributed by atoms with van der Waals surface area (Å²) in [6.07, 6.45) is 5.28. The number of amides is 2. The molecule has 0 bridgehead atoms. The first-order valence-electron chi connectivity index (χ1n) is 8.02. The first kappa shape index (κ1) is 16.9. The number of anilines is 1. The summed E-state index contributed by atoms with van der Waals surface area (Å²) in [6.45, 7) is 0. The van der Waals surface area contributed by atoms with Gasteiger partial charge >= 0.3 is 0 Å². The SMILES string of the molecule is N#C/C(=C/c1ccccc1)C(=O)Nc1sc2c(c1C(N)=O)CCCC2. The molecule has 0 fully saturated rings. The van der Waals surface area contributed by atoms with E-state index in [2.05, 4.69) is 5.32 Å². The maximum Gasteiger partial charge on any atom is 0.266 e. The second kappa shape index (κ2) is 7.32. The van der Waals surface area contributed by atoms with Crippen molar-refractivity contribution in [3.8, 4) is 6.07 Å². The normalized spacial score (nSPS) is 13.6. The van der Waals surface area contributed by atoms with Crippen molar-refractivity contribution in [1.29, 1.82) is 5.26 Å². The highest BCUT2D eigenvalue weighted by Gasteiger charge is 2.25. The van der Waals surface area contributed by atoms with Crippen LogP contribution in [0.5, 0.6) is 0 Å². The number of benzene rings is 1. The smallest absolute Gasteiger partial charge is 0.266 e. The summed E-state index contributed by atoms with van der Waals surface area (Å²) < 4.78 is 0. The quantitative estimate of drug-likeness (QED) is 0.653. The second-order valence-corrected chi connectivity index (χ2v) is 6.92. The Morgan fingerprint density at radius 3 is 2.60 bits per heavy atom. The van der Waals surface area contributed by atoms with Crippen LogP contribution in [0.2, 0.25) is 0 Å². The van der Waals surface area contributed by atoms with Crippen molar-refractivity contribution in [2.45, 2.75) is 25.7 Å². The van der Waals surface area contributed by atoms with Gasteiger partial charge in [-0.2, -0.15) is 5.26 Å². The number of hydrogen-bond acceptors (Lipinski definition) is 4. The fraction of sp³-hybridized carbons (Fsp3) is 0.211. The zero-order chi connectivity index (χ0) is 17.8. The molecule has 0 spiro atoms. The Labute approximate surface area is 149 Å². The maximum atomic E-state index is 12.5. The summed E-state index contributed by atoms with van der Waals surface area (Å²) >= 11 is 1.38. The molecule has 0 unspecified atom stereocenters. The Bertz CT molecular complexity index is 891. The molecular weight excluding hydrogens is 334 g/mol. The van der Waals surface area contributed by atoms with Crippen LogP contribution in [-0.2, 0) is 17.6 Å². The van der Waals surface area contributed by atoms with Gasteiger partial charge in [-0.25, -0.2) is 0 Å². The van der Waals surface area contributed by atoms with E-state index in [0.717, 1.165) is 41.7 Å². The lowest BCUT2D eigenvalue weighted by atomic mass is 9.95. The van der Waals surface area contributed by atoms with Crippen molar-refractivity contribution in [2.75, 3.05) is 5.32 Å². The van der Waals surface area contributed by atoms with Crippen LogP contribution in [0.15, 0.2) is 35.9 Å². The third kappa shape index (κ3) is 3.62. The molecule has 0 radical (unpaired) electrons. The van der Waals surface area contributed by atoms with Gasteiger partial charge in [-0.05, 0) is 42.9 Å². The summed E-state index contributed by atoms with van der Waals surface area (Å²) in [7, 11) is 0. The minimum Gasteiger partial charge on any atom is -0.365 e. The Hall–Kier alpha value is -2.91. The molecule has 1 aliphatic rings. The molecule has 1 aromatic carbocycles. The van der Waals surface area contributed by atoms with E-state index < -0.39 is 11.8 Å². The summed E-state index contributed by atoms with van der Waals surface area (Å²) in [5, 5.41) is 12.5. The first-order valence-corrected chi connectivity index (χ1v) is 8.84. The number of carbonyl (C=O) groups is 2. The molecule has 0 saturated heterocycles. The molecule has 1 aliphatic carbocycles. The van der Waals surface area contributed by atoms with Gasteiger partial charge in [0, 0.05) is 4.88 Å². The predicted octanol–water partition coefficient (Wildman–Crippen LogP) is 3.27. The zero-order valence-electron chi connectivity index (χ0n) is 13.5. The summed E-state index contributed by atoms with van der Waals surface area (Å²) in [5.74, 6) is -1.08. The van der Waals surface area contributed by atoms with E-state index in [0.29, 0.717) is 10.6 Å². The summed E-state index contributed by atoms with van der Waals surface area (Å²) in [5.41, 5.74) is 7.61. The van der Waals surface area contributed by atoms with Crippen LogP contribution in [0.1, 0.15) is 39.2 Å². The van der Waals surface area contributed by atoms with Gasteiger partial charge in [-0.1, -0.05) is 30.3 Å². The van der Waals surface area contributed by atoms with Crippen molar-refractivity contribution in [3.05, 3.63) is 57.5 Å². The standard InChI is InChI=1S/C19H17N3O2S/c20-11-13(10-12-6-2-1-3-7-12)18(24)22-19-16(17(21)23)14-8-4-5-9-15(14)25-19/h1-3,6-7,10H,4-5,8-9H2,(H2,21,23)(H,22,24)/b13-10-. The van der Waals surface area contributed by atoms with Crippen molar-refractivity contribution in [3.63, 3.8) is 0 Å². The zero-order valence-corrected chi connectivity index (χ0v) is 14.4. The van der Waals surface area contributed by atoms with Crippen LogP contribution in [0.4, 0.5) is 5.00 Å². The number of carbonyl (C=O) groups excluding carboxylic acids is 2. The molecule has 2 aromatic rings. The van der Waals surface area contributed by atoms with Crippen LogP contribution < -0.4 is 11.1 Å². The van der Waals surface area contributed by atoms with Crippen LogP contribution in [0.3, 0.4) is 0 Å². The van der Waals surface area contributed by atoms with E-state index in [4.69, 9.17) is 5.73 Å². The fourth-order valence-corrected chi connectivity index (χ4v) is 4.24. The average molecular weight is 351 g/mol. The highest BCUT2D eigenvalue weighted by atomic mass is 32.1. The van der Waals surface area contributed by atoms with Gasteiger partial charge in [0.25, 0.3) is 11.8 Å². The number of primary amides is 1. The van der Waals surface area contributed by atoms with Crippen LogP contribution in [-0.4, -0.2) is 11.8 Å². The average Bonchev–Trinajstić information content (AvgIpc) is 2.98. The van der Waals surface area contributed by atoms with Gasteiger partial charge in [0.2, 0.25) is 0 Å². The molecule has 5 nitrogen and oxygen atoms in total.